The molecule has 0 saturated carbocycles. The number of nitrogens with one attached hydrogen (secondary N) is 1. The molecule has 0 bridgehead atoms. The van der Waals surface area contributed by atoms with Crippen molar-refractivity contribution in [3.63, 3.8) is 0 Å². The van der Waals surface area contributed by atoms with Crippen LogP contribution in [0.3, 0.4) is 0 Å². The molecule has 0 fully saturated rings. The summed E-state index contributed by atoms with van der Waals surface area (Å²) in [5.41, 5.74) is 2.55. The number of hydrogen-bond acceptors (Lipinski definition) is 2. The van der Waals surface area contributed by atoms with Crippen molar-refractivity contribution in [2.24, 2.45) is 0 Å². The molecule has 0 aliphatic carbocycles. The molecule has 0 aliphatic heterocycles. The van der Waals surface area contributed by atoms with Crippen molar-refractivity contribution in [2.75, 3.05) is 0 Å². The van der Waals surface area contributed by atoms with Gasteiger partial charge >= 0.3 is 0 Å². The minimum atomic E-state index is -0.126. The summed E-state index contributed by atoms with van der Waals surface area (Å²) >= 11 is 0. The van der Waals surface area contributed by atoms with Crippen LogP contribution in [-0.4, -0.2) is 15.7 Å². The van der Waals surface area contributed by atoms with Gasteiger partial charge in [-0.3, -0.25) is 4.79 Å². The third-order valence-corrected chi connectivity index (χ3v) is 3.51. The molecule has 3 rings (SSSR count). The third-order valence-electron chi connectivity index (χ3n) is 3.51. The van der Waals surface area contributed by atoms with Gasteiger partial charge in [0, 0.05) is 6.20 Å². The Bertz CT molecular complexity index is 750. The summed E-state index contributed by atoms with van der Waals surface area (Å²) in [5.74, 6) is -0.126. The molecule has 4 nitrogen and oxygen atoms in total. The lowest BCUT2D eigenvalue weighted by atomic mass is 10.1. The van der Waals surface area contributed by atoms with Crippen molar-refractivity contribution in [1.29, 1.82) is 0 Å². The summed E-state index contributed by atoms with van der Waals surface area (Å²) in [5, 5.41) is 7.23. The van der Waals surface area contributed by atoms with E-state index in [0.29, 0.717) is 5.56 Å². The zero-order valence-corrected chi connectivity index (χ0v) is 12.3. The van der Waals surface area contributed by atoms with Gasteiger partial charge in [0.15, 0.2) is 0 Å². The molecule has 0 aliphatic rings. The van der Waals surface area contributed by atoms with Crippen LogP contribution in [-0.2, 0) is 0 Å². The number of hydrogen-bond donors (Lipinski definition) is 1. The molecule has 1 N–H and O–H groups in total. The average Bonchev–Trinajstić information content (AvgIpc) is 3.06. The highest BCUT2D eigenvalue weighted by atomic mass is 16.1. The number of aromatic nitrogens is 2. The number of carbonyl (C=O) groups is 1. The summed E-state index contributed by atoms with van der Waals surface area (Å²) in [6, 6.07) is 19.6. The van der Waals surface area contributed by atoms with Gasteiger partial charge in [0.05, 0.1) is 23.5 Å². The molecule has 4 heteroatoms. The zero-order chi connectivity index (χ0) is 15.4. The average molecular weight is 291 g/mol. The van der Waals surface area contributed by atoms with Crippen LogP contribution >= 0.6 is 0 Å². The van der Waals surface area contributed by atoms with Gasteiger partial charge in [0.25, 0.3) is 5.91 Å². The highest BCUT2D eigenvalue weighted by molar-refractivity contribution is 5.94. The van der Waals surface area contributed by atoms with Gasteiger partial charge in [-0.05, 0) is 24.6 Å². The molecule has 1 unspecified atom stereocenters. The lowest BCUT2D eigenvalue weighted by Gasteiger charge is -2.13. The predicted molar refractivity (Wildman–Crippen MR) is 85.9 cm³/mol. The standard InChI is InChI=1S/C18H17N3O/c1-14(15-8-4-2-5-9-15)20-18(22)16-12-19-21(13-16)17-10-6-3-7-11-17/h2-14H,1H3,(H,20,22). The van der Waals surface area contributed by atoms with Crippen molar-refractivity contribution in [1.82, 2.24) is 15.1 Å². The fraction of sp³-hybridized carbons (Fsp3) is 0.111. The first-order valence-corrected chi connectivity index (χ1v) is 7.20. The van der Waals surface area contributed by atoms with Crippen LogP contribution < -0.4 is 5.32 Å². The number of para-hydroxylation sites is 1. The van der Waals surface area contributed by atoms with Gasteiger partial charge in [-0.15, -0.1) is 0 Å². The molecule has 22 heavy (non-hydrogen) atoms. The molecule has 1 atom stereocenters. The van der Waals surface area contributed by atoms with E-state index in [-0.39, 0.29) is 11.9 Å². The number of amides is 1. The summed E-state index contributed by atoms with van der Waals surface area (Å²) < 4.78 is 1.70. The van der Waals surface area contributed by atoms with E-state index in [9.17, 15) is 4.79 Å². The SMILES string of the molecule is CC(NC(=O)c1cnn(-c2ccccc2)c1)c1ccccc1. The first-order chi connectivity index (χ1) is 10.7. The summed E-state index contributed by atoms with van der Waals surface area (Å²) in [4.78, 5) is 12.3. The number of rotatable bonds is 4. The molecular weight excluding hydrogens is 274 g/mol. The zero-order valence-electron chi connectivity index (χ0n) is 12.3. The second-order valence-electron chi connectivity index (χ2n) is 5.11. The van der Waals surface area contributed by atoms with Crippen molar-refractivity contribution in [3.05, 3.63) is 84.2 Å². The van der Waals surface area contributed by atoms with E-state index >= 15 is 0 Å². The Kier molecular flexibility index (Phi) is 4.01. The Labute approximate surface area is 129 Å². The summed E-state index contributed by atoms with van der Waals surface area (Å²) in [7, 11) is 0. The Morgan fingerprint density at radius 1 is 1.05 bits per heavy atom. The van der Waals surface area contributed by atoms with Crippen LogP contribution in [0, 0.1) is 0 Å². The maximum absolute atomic E-state index is 12.3. The number of carbonyl (C=O) groups excluding carboxylic acids is 1. The van der Waals surface area contributed by atoms with E-state index < -0.39 is 0 Å². The first kappa shape index (κ1) is 14.1. The van der Waals surface area contributed by atoms with E-state index in [1.807, 2.05) is 67.6 Å². The van der Waals surface area contributed by atoms with E-state index in [0.717, 1.165) is 11.3 Å². The molecule has 1 heterocycles. The molecule has 0 spiro atoms. The molecule has 0 saturated heterocycles. The predicted octanol–water partition coefficient (Wildman–Crippen LogP) is 3.36. The first-order valence-electron chi connectivity index (χ1n) is 7.20. The maximum atomic E-state index is 12.3. The third kappa shape index (κ3) is 3.06. The largest absolute Gasteiger partial charge is 0.345 e. The van der Waals surface area contributed by atoms with E-state index in [2.05, 4.69) is 10.4 Å². The molecular formula is C18H17N3O. The van der Waals surface area contributed by atoms with Crippen LogP contribution in [0.1, 0.15) is 28.9 Å². The van der Waals surface area contributed by atoms with Gasteiger partial charge in [-0.25, -0.2) is 4.68 Å². The van der Waals surface area contributed by atoms with Crippen molar-refractivity contribution >= 4 is 5.91 Å². The molecule has 3 aromatic rings. The summed E-state index contributed by atoms with van der Waals surface area (Å²) in [6.07, 6.45) is 3.32. The van der Waals surface area contributed by atoms with Crippen molar-refractivity contribution in [2.45, 2.75) is 13.0 Å². The van der Waals surface area contributed by atoms with E-state index in [1.54, 1.807) is 17.1 Å². The fourth-order valence-electron chi connectivity index (χ4n) is 2.27. The second kappa shape index (κ2) is 6.26. The van der Waals surface area contributed by atoms with Gasteiger partial charge in [-0.2, -0.15) is 5.10 Å². The minimum absolute atomic E-state index is 0.0474. The topological polar surface area (TPSA) is 46.9 Å². The highest BCUT2D eigenvalue weighted by Crippen LogP contribution is 2.13. The van der Waals surface area contributed by atoms with Gasteiger partial charge in [-0.1, -0.05) is 48.5 Å². The lowest BCUT2D eigenvalue weighted by Crippen LogP contribution is -2.26. The lowest BCUT2D eigenvalue weighted by molar-refractivity contribution is 0.0940. The Morgan fingerprint density at radius 2 is 1.68 bits per heavy atom. The van der Waals surface area contributed by atoms with Crippen molar-refractivity contribution < 1.29 is 4.79 Å². The minimum Gasteiger partial charge on any atom is -0.345 e. The fourth-order valence-corrected chi connectivity index (χ4v) is 2.27. The number of benzene rings is 2. The van der Waals surface area contributed by atoms with Crippen LogP contribution in [0.5, 0.6) is 0 Å². The van der Waals surface area contributed by atoms with Crippen LogP contribution in [0.15, 0.2) is 73.1 Å². The van der Waals surface area contributed by atoms with Crippen molar-refractivity contribution in [3.8, 4) is 5.69 Å². The molecule has 0 radical (unpaired) electrons. The molecule has 2 aromatic carbocycles. The molecule has 110 valence electrons. The van der Waals surface area contributed by atoms with Crippen LogP contribution in [0.4, 0.5) is 0 Å². The molecule has 1 aromatic heterocycles. The smallest absolute Gasteiger partial charge is 0.254 e. The normalized spacial score (nSPS) is 11.9. The highest BCUT2D eigenvalue weighted by Gasteiger charge is 2.13. The van der Waals surface area contributed by atoms with Gasteiger partial charge < -0.3 is 5.32 Å². The van der Waals surface area contributed by atoms with Crippen LogP contribution in [0.2, 0.25) is 0 Å². The second-order valence-corrected chi connectivity index (χ2v) is 5.11. The number of nitrogens with zero attached hydrogens (tertiary/aromatic N) is 2. The van der Waals surface area contributed by atoms with E-state index in [4.69, 9.17) is 0 Å². The van der Waals surface area contributed by atoms with Gasteiger partial charge in [0.2, 0.25) is 0 Å². The Hall–Kier alpha value is -2.88. The molecule has 1 amide bonds. The monoisotopic (exact) mass is 291 g/mol. The van der Waals surface area contributed by atoms with Gasteiger partial charge in [0.1, 0.15) is 0 Å². The van der Waals surface area contributed by atoms with Crippen LogP contribution in [0.25, 0.3) is 5.69 Å². The maximum Gasteiger partial charge on any atom is 0.254 e. The Morgan fingerprint density at radius 3 is 2.36 bits per heavy atom. The Balaban J connectivity index is 1.72. The summed E-state index contributed by atoms with van der Waals surface area (Å²) in [6.45, 7) is 1.97. The van der Waals surface area contributed by atoms with E-state index in [1.165, 1.54) is 0 Å². The quantitative estimate of drug-likeness (QED) is 0.801.